The fraction of sp³-hybridized carbons (Fsp3) is 0.960. The summed E-state index contributed by atoms with van der Waals surface area (Å²) < 4.78 is 17.0. The van der Waals surface area contributed by atoms with Crippen molar-refractivity contribution in [3.8, 4) is 0 Å². The van der Waals surface area contributed by atoms with Crippen LogP contribution in [0.5, 0.6) is 0 Å². The molecular weight excluding hydrogens is 997 g/mol. The van der Waals surface area contributed by atoms with Crippen LogP contribution in [-0.2, 0) is 28.6 Å². The summed E-state index contributed by atoms with van der Waals surface area (Å²) in [6.07, 6.45) is 84.6. The van der Waals surface area contributed by atoms with Crippen LogP contribution < -0.4 is 0 Å². The summed E-state index contributed by atoms with van der Waals surface area (Å²) in [4.78, 5) is 38.3. The summed E-state index contributed by atoms with van der Waals surface area (Å²) in [5.74, 6) is -0.823. The molecule has 0 radical (unpaired) electrons. The van der Waals surface area contributed by atoms with E-state index in [2.05, 4.69) is 20.8 Å². The minimum atomic E-state index is -0.763. The van der Waals surface area contributed by atoms with Crippen LogP contribution in [0.2, 0.25) is 0 Å². The highest BCUT2D eigenvalue weighted by molar-refractivity contribution is 5.71. The van der Waals surface area contributed by atoms with Gasteiger partial charge in [-0.25, -0.2) is 0 Å². The first-order valence-electron chi connectivity index (χ1n) is 37.5. The van der Waals surface area contributed by atoms with Crippen molar-refractivity contribution >= 4 is 17.9 Å². The van der Waals surface area contributed by atoms with Gasteiger partial charge < -0.3 is 14.2 Å². The zero-order valence-electron chi connectivity index (χ0n) is 55.6. The van der Waals surface area contributed by atoms with Gasteiger partial charge in [-0.05, 0) is 19.3 Å². The molecule has 0 amide bonds. The third-order valence-corrected chi connectivity index (χ3v) is 17.6. The molecule has 6 heteroatoms. The summed E-state index contributed by atoms with van der Waals surface area (Å²) in [7, 11) is 0. The maximum Gasteiger partial charge on any atom is 0.306 e. The zero-order chi connectivity index (χ0) is 58.5. The molecule has 0 aliphatic heterocycles. The summed E-state index contributed by atoms with van der Waals surface area (Å²) >= 11 is 0. The Balaban J connectivity index is 3.98. The average Bonchev–Trinajstić information content (AvgIpc) is 3.47. The maximum absolute atomic E-state index is 12.9. The van der Waals surface area contributed by atoms with Crippen LogP contribution in [0.25, 0.3) is 0 Å². The van der Waals surface area contributed by atoms with Gasteiger partial charge in [0.1, 0.15) is 13.2 Å². The Morgan fingerprint density at radius 2 is 0.333 bits per heavy atom. The molecule has 0 fully saturated rings. The van der Waals surface area contributed by atoms with E-state index in [0.29, 0.717) is 19.3 Å². The number of carbonyl (C=O) groups excluding carboxylic acids is 3. The van der Waals surface area contributed by atoms with E-state index in [1.54, 1.807) is 0 Å². The Morgan fingerprint density at radius 3 is 0.494 bits per heavy atom. The van der Waals surface area contributed by atoms with E-state index in [1.807, 2.05) is 0 Å². The van der Waals surface area contributed by atoms with E-state index in [-0.39, 0.29) is 31.1 Å². The maximum atomic E-state index is 12.9. The minimum Gasteiger partial charge on any atom is -0.462 e. The molecule has 1 unspecified atom stereocenters. The van der Waals surface area contributed by atoms with Gasteiger partial charge in [-0.1, -0.05) is 406 Å². The van der Waals surface area contributed by atoms with Gasteiger partial charge in [-0.2, -0.15) is 0 Å². The van der Waals surface area contributed by atoms with Crippen molar-refractivity contribution in [2.45, 2.75) is 451 Å². The van der Waals surface area contributed by atoms with Gasteiger partial charge in [0.05, 0.1) is 0 Å². The number of rotatable bonds is 71. The largest absolute Gasteiger partial charge is 0.462 e. The Kier molecular flexibility index (Phi) is 69.5. The Morgan fingerprint density at radius 1 is 0.198 bits per heavy atom. The van der Waals surface area contributed by atoms with Crippen LogP contribution in [0.15, 0.2) is 0 Å². The van der Waals surface area contributed by atoms with Gasteiger partial charge in [-0.15, -0.1) is 0 Å². The molecular formula is C75H146O6. The first-order valence-corrected chi connectivity index (χ1v) is 37.5. The lowest BCUT2D eigenvalue weighted by Crippen LogP contribution is -2.30. The van der Waals surface area contributed by atoms with Crippen molar-refractivity contribution < 1.29 is 28.6 Å². The van der Waals surface area contributed by atoms with Gasteiger partial charge in [0.25, 0.3) is 0 Å². The minimum absolute atomic E-state index is 0.0605. The SMILES string of the molecule is CCCCCCCCCCCCCCCCCCCCCCCCCCCCCCCCCCCCCC(=O)OCC(COC(=O)CCCCCCCCCCCCC)OC(=O)CCCCCCCCCCCCCCCCCCC. The second-order valence-electron chi connectivity index (χ2n) is 25.9. The van der Waals surface area contributed by atoms with E-state index in [4.69, 9.17) is 14.2 Å². The third kappa shape index (κ3) is 69.1. The highest BCUT2D eigenvalue weighted by Crippen LogP contribution is 2.20. The highest BCUT2D eigenvalue weighted by atomic mass is 16.6. The van der Waals surface area contributed by atoms with Crippen LogP contribution in [0, 0.1) is 0 Å². The van der Waals surface area contributed by atoms with Crippen molar-refractivity contribution in [1.29, 1.82) is 0 Å². The van der Waals surface area contributed by atoms with Gasteiger partial charge in [-0.3, -0.25) is 14.4 Å². The second-order valence-corrected chi connectivity index (χ2v) is 25.9. The van der Waals surface area contributed by atoms with Crippen LogP contribution in [0.4, 0.5) is 0 Å². The normalized spacial score (nSPS) is 11.9. The van der Waals surface area contributed by atoms with Crippen LogP contribution in [-0.4, -0.2) is 37.2 Å². The molecule has 0 aromatic heterocycles. The van der Waals surface area contributed by atoms with Crippen LogP contribution >= 0.6 is 0 Å². The van der Waals surface area contributed by atoms with E-state index >= 15 is 0 Å². The monoisotopic (exact) mass is 1140 g/mol. The van der Waals surface area contributed by atoms with Crippen molar-refractivity contribution in [2.75, 3.05) is 13.2 Å². The number of esters is 3. The lowest BCUT2D eigenvalue weighted by molar-refractivity contribution is -0.167. The molecule has 0 spiro atoms. The quantitative estimate of drug-likeness (QED) is 0.0343. The second kappa shape index (κ2) is 70.9. The van der Waals surface area contributed by atoms with Crippen molar-refractivity contribution in [1.82, 2.24) is 0 Å². The van der Waals surface area contributed by atoms with Gasteiger partial charge in [0.15, 0.2) is 6.10 Å². The van der Waals surface area contributed by atoms with Gasteiger partial charge >= 0.3 is 17.9 Å². The van der Waals surface area contributed by atoms with Crippen molar-refractivity contribution in [3.05, 3.63) is 0 Å². The molecule has 0 saturated heterocycles. The standard InChI is InChI=1S/C75H146O6/c1-4-7-10-13-16-19-22-24-26-28-29-30-31-32-33-34-35-36-37-38-39-40-41-42-43-44-45-47-48-50-53-56-59-62-65-68-74(77)80-71-72(70-79-73(76)67-64-61-58-55-52-21-18-15-12-9-6-3)81-75(78)69-66-63-60-57-54-51-49-46-27-25-23-20-17-14-11-8-5-2/h72H,4-71H2,1-3H3. The Hall–Kier alpha value is -1.59. The Bertz CT molecular complexity index is 1220. The van der Waals surface area contributed by atoms with Gasteiger partial charge in [0, 0.05) is 19.3 Å². The summed E-state index contributed by atoms with van der Waals surface area (Å²) in [6, 6.07) is 0. The molecule has 0 N–H and O–H groups in total. The number of unbranched alkanes of at least 4 members (excludes halogenated alkanes) is 60. The molecule has 0 saturated carbocycles. The van der Waals surface area contributed by atoms with Crippen LogP contribution in [0.1, 0.15) is 445 Å². The summed E-state index contributed by atoms with van der Waals surface area (Å²) in [5, 5.41) is 0. The van der Waals surface area contributed by atoms with E-state index < -0.39 is 6.10 Å². The first-order chi connectivity index (χ1) is 40.0. The van der Waals surface area contributed by atoms with E-state index in [1.165, 1.54) is 347 Å². The number of hydrogen-bond acceptors (Lipinski definition) is 6. The molecule has 0 aromatic rings. The third-order valence-electron chi connectivity index (χ3n) is 17.6. The smallest absolute Gasteiger partial charge is 0.306 e. The van der Waals surface area contributed by atoms with E-state index in [0.717, 1.165) is 57.8 Å². The average molecular weight is 1140 g/mol. The van der Waals surface area contributed by atoms with Crippen molar-refractivity contribution in [3.63, 3.8) is 0 Å². The predicted molar refractivity (Wildman–Crippen MR) is 354 cm³/mol. The molecule has 6 nitrogen and oxygen atoms in total. The first kappa shape index (κ1) is 79.4. The molecule has 0 rings (SSSR count). The topological polar surface area (TPSA) is 78.9 Å². The molecule has 0 aliphatic rings. The number of carbonyl (C=O) groups is 3. The molecule has 482 valence electrons. The fourth-order valence-electron chi connectivity index (χ4n) is 12.0. The molecule has 0 heterocycles. The lowest BCUT2D eigenvalue weighted by atomic mass is 10.0. The zero-order valence-corrected chi connectivity index (χ0v) is 55.6. The van der Waals surface area contributed by atoms with Gasteiger partial charge in [0.2, 0.25) is 0 Å². The Labute approximate surface area is 508 Å². The molecule has 0 aliphatic carbocycles. The number of hydrogen-bond donors (Lipinski definition) is 0. The molecule has 0 aromatic carbocycles. The van der Waals surface area contributed by atoms with Crippen molar-refractivity contribution in [2.24, 2.45) is 0 Å². The molecule has 0 bridgehead atoms. The summed E-state index contributed by atoms with van der Waals surface area (Å²) in [6.45, 7) is 6.73. The molecule has 81 heavy (non-hydrogen) atoms. The predicted octanol–water partition coefficient (Wildman–Crippen LogP) is 25.8. The fourth-order valence-corrected chi connectivity index (χ4v) is 12.0. The van der Waals surface area contributed by atoms with E-state index in [9.17, 15) is 14.4 Å². The number of ether oxygens (including phenoxy) is 3. The van der Waals surface area contributed by atoms with Crippen LogP contribution in [0.3, 0.4) is 0 Å². The lowest BCUT2D eigenvalue weighted by Gasteiger charge is -2.18. The molecule has 1 atom stereocenters. The highest BCUT2D eigenvalue weighted by Gasteiger charge is 2.20. The summed E-state index contributed by atoms with van der Waals surface area (Å²) in [5.41, 5.74) is 0.